The molecule has 1 fully saturated rings. The molecule has 2 aliphatic heterocycles. The predicted molar refractivity (Wildman–Crippen MR) is 128 cm³/mol. The van der Waals surface area contributed by atoms with Crippen molar-refractivity contribution in [3.05, 3.63) is 66.5 Å². The molecule has 1 unspecified atom stereocenters. The Morgan fingerprint density at radius 2 is 1.33 bits per heavy atom. The standard InChI is InChI=1S/C25H33N5/c1-5-20(3)29-19-26-30(21(29)4)25-13-11-24(12-14-25)28-17-15-27(16-18-28)23-9-7-22(6-2)8-10-23/h7-14,19-20H,4-6,15-18H2,1-3H3. The maximum absolute atomic E-state index is 4.55. The van der Waals surface area contributed by atoms with Gasteiger partial charge >= 0.3 is 0 Å². The van der Waals surface area contributed by atoms with Crippen molar-refractivity contribution in [2.45, 2.75) is 39.7 Å². The van der Waals surface area contributed by atoms with Crippen molar-refractivity contribution in [1.82, 2.24) is 4.90 Å². The van der Waals surface area contributed by atoms with Crippen LogP contribution in [0.3, 0.4) is 0 Å². The quantitative estimate of drug-likeness (QED) is 0.684. The molecule has 2 heterocycles. The summed E-state index contributed by atoms with van der Waals surface area (Å²) in [5, 5.41) is 6.47. The SMILES string of the molecule is C=C1N(c2ccc(N3CCN(c4ccc(CC)cc4)CC3)cc2)N=CN1C(C)CC. The van der Waals surface area contributed by atoms with Gasteiger partial charge in [0.15, 0.2) is 0 Å². The van der Waals surface area contributed by atoms with Gasteiger partial charge in [-0.1, -0.05) is 32.6 Å². The zero-order valence-corrected chi connectivity index (χ0v) is 18.5. The van der Waals surface area contributed by atoms with E-state index >= 15 is 0 Å². The summed E-state index contributed by atoms with van der Waals surface area (Å²) < 4.78 is 0. The third kappa shape index (κ3) is 4.02. The van der Waals surface area contributed by atoms with E-state index in [0.29, 0.717) is 6.04 Å². The molecule has 2 aromatic rings. The number of nitrogens with zero attached hydrogens (tertiary/aromatic N) is 5. The van der Waals surface area contributed by atoms with Gasteiger partial charge in [-0.05, 0) is 61.7 Å². The first-order chi connectivity index (χ1) is 14.6. The van der Waals surface area contributed by atoms with Gasteiger partial charge in [-0.15, -0.1) is 0 Å². The molecule has 2 aliphatic rings. The Morgan fingerprint density at radius 1 is 0.833 bits per heavy atom. The first-order valence-corrected chi connectivity index (χ1v) is 11.1. The number of hydrazone groups is 1. The van der Waals surface area contributed by atoms with E-state index < -0.39 is 0 Å². The smallest absolute Gasteiger partial charge is 0.128 e. The predicted octanol–water partition coefficient (Wildman–Crippen LogP) is 4.91. The fourth-order valence-corrected chi connectivity index (χ4v) is 4.10. The summed E-state index contributed by atoms with van der Waals surface area (Å²) in [5.74, 6) is 0.916. The van der Waals surface area contributed by atoms with E-state index in [9.17, 15) is 0 Å². The largest absolute Gasteiger partial charge is 0.368 e. The summed E-state index contributed by atoms with van der Waals surface area (Å²) in [5.41, 5.74) is 5.06. The number of piperazine rings is 1. The third-order valence-corrected chi connectivity index (χ3v) is 6.35. The lowest BCUT2D eigenvalue weighted by atomic mass is 10.1. The molecule has 158 valence electrons. The van der Waals surface area contributed by atoms with Gasteiger partial charge in [0.05, 0.1) is 5.69 Å². The maximum Gasteiger partial charge on any atom is 0.128 e. The van der Waals surface area contributed by atoms with Crippen LogP contribution in [0.15, 0.2) is 66.0 Å². The van der Waals surface area contributed by atoms with Crippen LogP contribution in [-0.4, -0.2) is 43.5 Å². The van der Waals surface area contributed by atoms with Crippen LogP contribution < -0.4 is 14.8 Å². The molecule has 0 amide bonds. The van der Waals surface area contributed by atoms with Crippen LogP contribution in [0.2, 0.25) is 0 Å². The third-order valence-electron chi connectivity index (χ3n) is 6.35. The lowest BCUT2D eigenvalue weighted by Crippen LogP contribution is -2.46. The fraction of sp³-hybridized carbons (Fsp3) is 0.400. The monoisotopic (exact) mass is 403 g/mol. The van der Waals surface area contributed by atoms with E-state index in [2.05, 4.69) is 95.7 Å². The van der Waals surface area contributed by atoms with Crippen molar-refractivity contribution in [1.29, 1.82) is 0 Å². The minimum atomic E-state index is 0.403. The lowest BCUT2D eigenvalue weighted by Gasteiger charge is -2.37. The number of aryl methyl sites for hydroxylation is 1. The maximum atomic E-state index is 4.55. The highest BCUT2D eigenvalue weighted by Gasteiger charge is 2.24. The van der Waals surface area contributed by atoms with Crippen molar-refractivity contribution in [2.75, 3.05) is 41.0 Å². The van der Waals surface area contributed by atoms with Crippen LogP contribution >= 0.6 is 0 Å². The van der Waals surface area contributed by atoms with Crippen LogP contribution in [-0.2, 0) is 6.42 Å². The number of anilines is 3. The number of hydrogen-bond acceptors (Lipinski definition) is 5. The van der Waals surface area contributed by atoms with Crippen molar-refractivity contribution >= 4 is 23.4 Å². The molecular weight excluding hydrogens is 370 g/mol. The zero-order chi connectivity index (χ0) is 21.1. The molecule has 0 spiro atoms. The molecule has 4 rings (SSSR count). The topological polar surface area (TPSA) is 25.3 Å². The normalized spacial score (nSPS) is 17.8. The molecule has 0 saturated carbocycles. The highest BCUT2D eigenvalue weighted by molar-refractivity contribution is 5.70. The van der Waals surface area contributed by atoms with E-state index in [1.807, 2.05) is 11.3 Å². The summed E-state index contributed by atoms with van der Waals surface area (Å²) in [6, 6.07) is 18.1. The van der Waals surface area contributed by atoms with Crippen molar-refractivity contribution in [2.24, 2.45) is 5.10 Å². The first kappa shape index (κ1) is 20.3. The Labute approximate surface area is 180 Å². The number of rotatable bonds is 6. The molecule has 0 radical (unpaired) electrons. The van der Waals surface area contributed by atoms with Gasteiger partial charge in [0.2, 0.25) is 0 Å². The van der Waals surface area contributed by atoms with E-state index in [1.165, 1.54) is 16.9 Å². The number of hydrogen-bond donors (Lipinski definition) is 0. The minimum Gasteiger partial charge on any atom is -0.368 e. The van der Waals surface area contributed by atoms with Crippen molar-refractivity contribution in [3.8, 4) is 0 Å². The molecule has 0 aromatic heterocycles. The van der Waals surface area contributed by atoms with Crippen LogP contribution in [0, 0.1) is 0 Å². The molecule has 5 nitrogen and oxygen atoms in total. The molecule has 30 heavy (non-hydrogen) atoms. The van der Waals surface area contributed by atoms with Gasteiger partial charge in [-0.2, -0.15) is 5.10 Å². The summed E-state index contributed by atoms with van der Waals surface area (Å²) in [7, 11) is 0. The van der Waals surface area contributed by atoms with Crippen molar-refractivity contribution in [3.63, 3.8) is 0 Å². The Bertz CT molecular complexity index is 879. The fourth-order valence-electron chi connectivity index (χ4n) is 4.10. The summed E-state index contributed by atoms with van der Waals surface area (Å²) >= 11 is 0. The van der Waals surface area contributed by atoms with Gasteiger partial charge in [0, 0.05) is 43.6 Å². The first-order valence-electron chi connectivity index (χ1n) is 11.1. The Balaban J connectivity index is 1.36. The summed E-state index contributed by atoms with van der Waals surface area (Å²) in [6.45, 7) is 15.0. The van der Waals surface area contributed by atoms with Gasteiger partial charge in [0.25, 0.3) is 0 Å². The second-order valence-corrected chi connectivity index (χ2v) is 8.13. The van der Waals surface area contributed by atoms with Crippen LogP contribution in [0.5, 0.6) is 0 Å². The Kier molecular flexibility index (Phi) is 5.98. The van der Waals surface area contributed by atoms with E-state index in [0.717, 1.165) is 50.5 Å². The average molecular weight is 404 g/mol. The highest BCUT2D eigenvalue weighted by atomic mass is 15.6. The van der Waals surface area contributed by atoms with Crippen molar-refractivity contribution < 1.29 is 0 Å². The zero-order valence-electron chi connectivity index (χ0n) is 18.5. The molecule has 2 aromatic carbocycles. The van der Waals surface area contributed by atoms with Crippen LogP contribution in [0.25, 0.3) is 0 Å². The van der Waals surface area contributed by atoms with Crippen LogP contribution in [0.4, 0.5) is 17.1 Å². The second-order valence-electron chi connectivity index (χ2n) is 8.13. The van der Waals surface area contributed by atoms with E-state index in [1.54, 1.807) is 0 Å². The highest BCUT2D eigenvalue weighted by Crippen LogP contribution is 2.29. The van der Waals surface area contributed by atoms with E-state index in [4.69, 9.17) is 0 Å². The molecule has 1 atom stereocenters. The Hall–Kier alpha value is -2.95. The summed E-state index contributed by atoms with van der Waals surface area (Å²) in [6.07, 6.45) is 4.04. The molecule has 0 aliphatic carbocycles. The van der Waals surface area contributed by atoms with E-state index in [-0.39, 0.29) is 0 Å². The molecular formula is C25H33N5. The van der Waals surface area contributed by atoms with Gasteiger partial charge in [-0.3, -0.25) is 0 Å². The van der Waals surface area contributed by atoms with Gasteiger partial charge < -0.3 is 14.7 Å². The molecule has 0 N–H and O–H groups in total. The van der Waals surface area contributed by atoms with Gasteiger partial charge in [0.1, 0.15) is 12.2 Å². The van der Waals surface area contributed by atoms with Crippen LogP contribution in [0.1, 0.15) is 32.8 Å². The minimum absolute atomic E-state index is 0.403. The molecule has 1 saturated heterocycles. The second kappa shape index (κ2) is 8.82. The lowest BCUT2D eigenvalue weighted by molar-refractivity contribution is 0.406. The molecule has 5 heteroatoms. The Morgan fingerprint density at radius 3 is 1.83 bits per heavy atom. The van der Waals surface area contributed by atoms with Gasteiger partial charge in [-0.25, -0.2) is 5.01 Å². The summed E-state index contributed by atoms with van der Waals surface area (Å²) in [4.78, 5) is 7.09. The molecule has 0 bridgehead atoms. The number of benzene rings is 2. The average Bonchev–Trinajstić information content (AvgIpc) is 3.20.